The number of hydrogen-bond donors (Lipinski definition) is 0. The summed E-state index contributed by atoms with van der Waals surface area (Å²) in [4.78, 5) is 45.3. The largest absolute Gasteiger partial charge is 0.491 e. The number of amides is 1. The highest BCUT2D eigenvalue weighted by atomic mass is 32.2. The highest BCUT2D eigenvalue weighted by molar-refractivity contribution is 8.13. The molecular formula is C28H29N3O5S. The molecule has 0 saturated heterocycles. The van der Waals surface area contributed by atoms with E-state index >= 15 is 0 Å². The van der Waals surface area contributed by atoms with Crippen LogP contribution in [0.5, 0.6) is 11.5 Å². The number of methoxy groups -OCH3 is 2. The van der Waals surface area contributed by atoms with Gasteiger partial charge in [-0.25, -0.2) is 4.98 Å². The molecule has 8 nitrogen and oxygen atoms in total. The van der Waals surface area contributed by atoms with E-state index < -0.39 is 0 Å². The van der Waals surface area contributed by atoms with Crippen LogP contribution in [0.25, 0.3) is 27.9 Å². The number of aromatic nitrogens is 2. The molecule has 0 saturated carbocycles. The van der Waals surface area contributed by atoms with Crippen molar-refractivity contribution in [3.8, 4) is 11.5 Å². The molecule has 1 amide bonds. The summed E-state index contributed by atoms with van der Waals surface area (Å²) in [7, 11) is 3.03. The third-order valence-electron chi connectivity index (χ3n) is 7.54. The molecule has 5 rings (SSSR count). The van der Waals surface area contributed by atoms with Crippen molar-refractivity contribution in [2.24, 2.45) is 5.41 Å². The summed E-state index contributed by atoms with van der Waals surface area (Å²) in [6.07, 6.45) is 10.9. The van der Waals surface area contributed by atoms with Crippen LogP contribution in [0.1, 0.15) is 59.8 Å². The maximum absolute atomic E-state index is 12.9. The van der Waals surface area contributed by atoms with Gasteiger partial charge in [-0.3, -0.25) is 19.0 Å². The molecule has 0 N–H and O–H groups in total. The Morgan fingerprint density at radius 1 is 1.08 bits per heavy atom. The summed E-state index contributed by atoms with van der Waals surface area (Å²) in [5.41, 5.74) is 2.58. The van der Waals surface area contributed by atoms with Crippen molar-refractivity contribution < 1.29 is 23.9 Å². The van der Waals surface area contributed by atoms with Gasteiger partial charge >= 0.3 is 0 Å². The van der Waals surface area contributed by atoms with Crippen molar-refractivity contribution in [1.82, 2.24) is 14.5 Å². The Balaban J connectivity index is 1.94. The van der Waals surface area contributed by atoms with E-state index in [2.05, 4.69) is 19.1 Å². The molecule has 1 aromatic carbocycles. The van der Waals surface area contributed by atoms with Crippen LogP contribution in [-0.2, 0) is 4.79 Å². The Morgan fingerprint density at radius 3 is 2.41 bits per heavy atom. The van der Waals surface area contributed by atoms with Crippen LogP contribution in [0.15, 0.2) is 30.4 Å². The lowest BCUT2D eigenvalue weighted by Gasteiger charge is -2.47. The number of thioether (sulfide) groups is 1. The fourth-order valence-corrected chi connectivity index (χ4v) is 6.20. The van der Waals surface area contributed by atoms with Gasteiger partial charge in [-0.05, 0) is 30.9 Å². The number of nitrogens with zero attached hydrogens (tertiary/aromatic N) is 3. The van der Waals surface area contributed by atoms with Crippen molar-refractivity contribution in [1.29, 1.82) is 0 Å². The Labute approximate surface area is 219 Å². The Hall–Kier alpha value is -3.59. The van der Waals surface area contributed by atoms with Gasteiger partial charge < -0.3 is 14.4 Å². The van der Waals surface area contributed by atoms with Gasteiger partial charge in [0.25, 0.3) is 0 Å². The molecule has 0 radical (unpaired) electrons. The number of benzene rings is 1. The van der Waals surface area contributed by atoms with Crippen molar-refractivity contribution in [3.05, 3.63) is 47.3 Å². The summed E-state index contributed by atoms with van der Waals surface area (Å²) >= 11 is 1.04. The molecule has 3 heterocycles. The van der Waals surface area contributed by atoms with Gasteiger partial charge in [0.1, 0.15) is 16.7 Å². The Kier molecular flexibility index (Phi) is 6.14. The van der Waals surface area contributed by atoms with Gasteiger partial charge in [-0.2, -0.15) is 0 Å². The predicted molar refractivity (Wildman–Crippen MR) is 146 cm³/mol. The molecular weight excluding hydrogens is 490 g/mol. The fourth-order valence-electron chi connectivity index (χ4n) is 5.84. The van der Waals surface area contributed by atoms with E-state index in [-0.39, 0.29) is 34.1 Å². The van der Waals surface area contributed by atoms with E-state index in [0.29, 0.717) is 34.5 Å². The molecule has 0 fully saturated rings. The average molecular weight is 520 g/mol. The summed E-state index contributed by atoms with van der Waals surface area (Å²) in [5.74, 6) is 0.387. The van der Waals surface area contributed by atoms with E-state index in [9.17, 15) is 14.4 Å². The van der Waals surface area contributed by atoms with E-state index in [0.717, 1.165) is 34.8 Å². The minimum absolute atomic E-state index is 0.0124. The van der Waals surface area contributed by atoms with Crippen molar-refractivity contribution in [3.63, 3.8) is 0 Å². The number of carbonyl (C=O) groups excluding carboxylic acids is 3. The Morgan fingerprint density at radius 2 is 1.81 bits per heavy atom. The molecule has 2 aliphatic rings. The maximum Gasteiger partial charge on any atom is 0.235 e. The molecule has 3 aromatic rings. The van der Waals surface area contributed by atoms with Gasteiger partial charge in [0.05, 0.1) is 26.0 Å². The van der Waals surface area contributed by atoms with Crippen LogP contribution < -0.4 is 9.47 Å². The van der Waals surface area contributed by atoms with E-state index in [1.165, 1.54) is 25.7 Å². The molecule has 192 valence electrons. The lowest BCUT2D eigenvalue weighted by molar-refractivity contribution is -0.133. The molecule has 1 aliphatic carbocycles. The Bertz CT molecular complexity index is 1550. The second-order valence-corrected chi connectivity index (χ2v) is 10.1. The minimum atomic E-state index is -0.354. The summed E-state index contributed by atoms with van der Waals surface area (Å²) in [6, 6.07) is 3.53. The van der Waals surface area contributed by atoms with Crippen LogP contribution in [-0.4, -0.2) is 58.4 Å². The SMILES string of the molecule is CC[C@]12C=CCN(C(C)=O)C1c1cc3c(nc1C=C2)c(OC)c(OC)c1c3cc(C(=O)SC)n1C(C)=O. The van der Waals surface area contributed by atoms with Crippen molar-refractivity contribution >= 4 is 56.6 Å². The first-order valence-electron chi connectivity index (χ1n) is 12.1. The average Bonchev–Trinajstić information content (AvgIpc) is 3.31. The summed E-state index contributed by atoms with van der Waals surface area (Å²) < 4.78 is 12.9. The lowest BCUT2D eigenvalue weighted by Crippen LogP contribution is -2.46. The minimum Gasteiger partial charge on any atom is -0.491 e. The zero-order valence-electron chi connectivity index (χ0n) is 21.7. The quantitative estimate of drug-likeness (QED) is 0.435. The number of rotatable bonds is 4. The highest BCUT2D eigenvalue weighted by Crippen LogP contribution is 2.52. The van der Waals surface area contributed by atoms with Crippen LogP contribution in [0.4, 0.5) is 0 Å². The molecule has 2 atom stereocenters. The smallest absolute Gasteiger partial charge is 0.235 e. The van der Waals surface area contributed by atoms with Gasteiger partial charge in [0, 0.05) is 42.1 Å². The zero-order chi connectivity index (χ0) is 26.6. The van der Waals surface area contributed by atoms with Crippen molar-refractivity contribution in [2.45, 2.75) is 33.2 Å². The number of carbonyl (C=O) groups is 3. The third kappa shape index (κ3) is 3.51. The van der Waals surface area contributed by atoms with Crippen LogP contribution in [0.2, 0.25) is 0 Å². The molecule has 0 spiro atoms. The molecule has 2 aromatic heterocycles. The lowest BCUT2D eigenvalue weighted by atomic mass is 9.68. The number of pyridine rings is 1. The fraction of sp³-hybridized carbons (Fsp3) is 0.357. The van der Waals surface area contributed by atoms with Gasteiger partial charge in [-0.15, -0.1) is 0 Å². The summed E-state index contributed by atoms with van der Waals surface area (Å²) in [6.45, 7) is 5.63. The maximum atomic E-state index is 12.9. The summed E-state index contributed by atoms with van der Waals surface area (Å²) in [5, 5.41) is 1.15. The normalized spacial score (nSPS) is 20.2. The van der Waals surface area contributed by atoms with E-state index in [4.69, 9.17) is 14.5 Å². The van der Waals surface area contributed by atoms with Crippen LogP contribution in [0, 0.1) is 5.41 Å². The first-order valence-corrected chi connectivity index (χ1v) is 13.3. The second-order valence-electron chi connectivity index (χ2n) is 9.34. The molecule has 9 heteroatoms. The van der Waals surface area contributed by atoms with Gasteiger partial charge in [-0.1, -0.05) is 36.9 Å². The van der Waals surface area contributed by atoms with E-state index in [1.54, 1.807) is 19.2 Å². The first-order chi connectivity index (χ1) is 17.7. The molecule has 0 bridgehead atoms. The van der Waals surface area contributed by atoms with Gasteiger partial charge in [0.2, 0.25) is 16.9 Å². The first kappa shape index (κ1) is 25.1. The molecule has 37 heavy (non-hydrogen) atoms. The molecule has 1 unspecified atom stereocenters. The number of fused-ring (bicyclic) bond motifs is 6. The van der Waals surface area contributed by atoms with Crippen LogP contribution >= 0.6 is 11.8 Å². The topological polar surface area (TPSA) is 90.7 Å². The van der Waals surface area contributed by atoms with Crippen molar-refractivity contribution in [2.75, 3.05) is 27.0 Å². The standard InChI is InChI=1S/C28H29N3O5S/c1-7-28-10-8-12-30(15(2)32)26(28)19-13-17-18-14-21(27(34)37-6)31(16(3)33)23(18)25(36-5)24(35-4)22(17)29-20(19)9-11-28/h8-11,13-14,26H,7,12H2,1-6H3/t26?,28-/m1/s1. The zero-order valence-corrected chi connectivity index (χ0v) is 22.6. The highest BCUT2D eigenvalue weighted by Gasteiger charge is 2.44. The number of hydrogen-bond acceptors (Lipinski definition) is 7. The third-order valence-corrected chi connectivity index (χ3v) is 8.12. The monoisotopic (exact) mass is 519 g/mol. The predicted octanol–water partition coefficient (Wildman–Crippen LogP) is 5.25. The van der Waals surface area contributed by atoms with Crippen LogP contribution in [0.3, 0.4) is 0 Å². The second kappa shape index (κ2) is 9.06. The number of ether oxygens (including phenoxy) is 2. The molecule has 1 aliphatic heterocycles. The van der Waals surface area contributed by atoms with Gasteiger partial charge in [0.15, 0.2) is 11.5 Å². The van der Waals surface area contributed by atoms with E-state index in [1.807, 2.05) is 23.1 Å².